The zero-order valence-corrected chi connectivity index (χ0v) is 16.2. The number of halogens is 3. The van der Waals surface area contributed by atoms with Crippen molar-refractivity contribution in [3.05, 3.63) is 83.4 Å². The molecule has 0 bridgehead atoms. The Morgan fingerprint density at radius 3 is 2.34 bits per heavy atom. The lowest BCUT2D eigenvalue weighted by molar-refractivity contribution is -0.258. The Bertz CT molecular complexity index is 990. The van der Waals surface area contributed by atoms with Crippen LogP contribution in [-0.4, -0.2) is 24.4 Å². The van der Waals surface area contributed by atoms with E-state index in [4.69, 9.17) is 0 Å². The van der Waals surface area contributed by atoms with E-state index in [9.17, 15) is 18.3 Å². The molecular formula is C24H24F3NO. The molecule has 3 aromatic rings. The van der Waals surface area contributed by atoms with E-state index < -0.39 is 11.8 Å². The minimum atomic E-state index is -4.71. The first-order valence-corrected chi connectivity index (χ1v) is 9.84. The summed E-state index contributed by atoms with van der Waals surface area (Å²) in [5.74, 6) is 0.577. The van der Waals surface area contributed by atoms with E-state index >= 15 is 0 Å². The molecule has 4 rings (SSSR count). The first-order chi connectivity index (χ1) is 13.8. The standard InChI is InChI=1S/C24H24F3NO/c1-23(29,24(25,26)27)20-11-9-17(10-12-20)22-15-28-14-19(22)13-18-7-4-6-16-5-2-3-8-21(16)18/h2-12,19,22,28-29H,13-15H2,1H3/t19-,22+,23?/m1/s1. The summed E-state index contributed by atoms with van der Waals surface area (Å²) in [6, 6.07) is 20.9. The van der Waals surface area contributed by atoms with Crippen LogP contribution >= 0.6 is 0 Å². The Morgan fingerprint density at radius 2 is 1.62 bits per heavy atom. The van der Waals surface area contributed by atoms with Gasteiger partial charge in [-0.1, -0.05) is 66.7 Å². The summed E-state index contributed by atoms with van der Waals surface area (Å²) in [5, 5.41) is 15.8. The van der Waals surface area contributed by atoms with E-state index in [0.29, 0.717) is 5.92 Å². The fraction of sp³-hybridized carbons (Fsp3) is 0.333. The van der Waals surface area contributed by atoms with Crippen LogP contribution in [-0.2, 0) is 12.0 Å². The Labute approximate surface area is 168 Å². The van der Waals surface area contributed by atoms with Gasteiger partial charge in [0.25, 0.3) is 0 Å². The van der Waals surface area contributed by atoms with Gasteiger partial charge in [-0.05, 0) is 53.3 Å². The summed E-state index contributed by atoms with van der Waals surface area (Å²) in [5.41, 5.74) is -0.687. The molecule has 0 aromatic heterocycles. The van der Waals surface area contributed by atoms with Crippen LogP contribution < -0.4 is 5.32 Å². The van der Waals surface area contributed by atoms with Crippen LogP contribution in [0.4, 0.5) is 13.2 Å². The molecule has 2 N–H and O–H groups in total. The molecule has 3 atom stereocenters. The lowest BCUT2D eigenvalue weighted by atomic mass is 9.83. The molecule has 1 fully saturated rings. The van der Waals surface area contributed by atoms with Crippen molar-refractivity contribution in [1.29, 1.82) is 0 Å². The highest BCUT2D eigenvalue weighted by atomic mass is 19.4. The molecule has 3 aromatic carbocycles. The van der Waals surface area contributed by atoms with E-state index in [1.165, 1.54) is 28.5 Å². The third-order valence-corrected chi connectivity index (χ3v) is 6.15. The molecule has 5 heteroatoms. The maximum atomic E-state index is 13.1. The molecule has 29 heavy (non-hydrogen) atoms. The maximum Gasteiger partial charge on any atom is 0.421 e. The van der Waals surface area contributed by atoms with Gasteiger partial charge < -0.3 is 10.4 Å². The summed E-state index contributed by atoms with van der Waals surface area (Å²) in [6.45, 7) is 2.46. The largest absolute Gasteiger partial charge is 0.421 e. The number of alkyl halides is 3. The topological polar surface area (TPSA) is 32.3 Å². The second kappa shape index (κ2) is 7.47. The maximum absolute atomic E-state index is 13.1. The number of hydrogen-bond acceptors (Lipinski definition) is 2. The number of nitrogens with one attached hydrogen (secondary N) is 1. The van der Waals surface area contributed by atoms with Crippen LogP contribution in [0.5, 0.6) is 0 Å². The molecule has 0 aliphatic carbocycles. The average Bonchev–Trinajstić information content (AvgIpc) is 3.16. The van der Waals surface area contributed by atoms with E-state index in [0.717, 1.165) is 32.0 Å². The van der Waals surface area contributed by atoms with Crippen molar-refractivity contribution in [3.8, 4) is 0 Å². The van der Waals surface area contributed by atoms with Crippen molar-refractivity contribution in [2.45, 2.75) is 31.0 Å². The van der Waals surface area contributed by atoms with Gasteiger partial charge in [-0.2, -0.15) is 13.2 Å². The molecule has 1 unspecified atom stereocenters. The third kappa shape index (κ3) is 3.77. The van der Waals surface area contributed by atoms with Crippen molar-refractivity contribution in [1.82, 2.24) is 5.32 Å². The summed E-state index contributed by atoms with van der Waals surface area (Å²) >= 11 is 0. The van der Waals surface area contributed by atoms with E-state index in [1.807, 2.05) is 12.1 Å². The van der Waals surface area contributed by atoms with Crippen molar-refractivity contribution in [3.63, 3.8) is 0 Å². The summed E-state index contributed by atoms with van der Waals surface area (Å²) < 4.78 is 39.3. The lowest BCUT2D eigenvalue weighted by Crippen LogP contribution is -2.39. The molecule has 0 saturated carbocycles. The zero-order valence-electron chi connectivity index (χ0n) is 16.2. The highest BCUT2D eigenvalue weighted by molar-refractivity contribution is 5.85. The number of aliphatic hydroxyl groups is 1. The van der Waals surface area contributed by atoms with E-state index in [1.54, 1.807) is 12.1 Å². The number of rotatable bonds is 4. The third-order valence-electron chi connectivity index (χ3n) is 6.15. The van der Waals surface area contributed by atoms with Gasteiger partial charge in [-0.3, -0.25) is 0 Å². The van der Waals surface area contributed by atoms with Gasteiger partial charge in [0.2, 0.25) is 0 Å². The molecule has 0 amide bonds. The van der Waals surface area contributed by atoms with Crippen molar-refractivity contribution < 1.29 is 18.3 Å². The van der Waals surface area contributed by atoms with E-state index in [-0.39, 0.29) is 11.5 Å². The monoisotopic (exact) mass is 399 g/mol. The molecule has 2 nitrogen and oxygen atoms in total. The SMILES string of the molecule is CC(O)(c1ccc([C@@H]2CNC[C@H]2Cc2cccc3ccccc23)cc1)C(F)(F)F. The Balaban J connectivity index is 1.57. The summed E-state index contributed by atoms with van der Waals surface area (Å²) in [6.07, 6.45) is -3.80. The fourth-order valence-electron chi connectivity index (χ4n) is 4.31. The molecule has 1 saturated heterocycles. The summed E-state index contributed by atoms with van der Waals surface area (Å²) in [7, 11) is 0. The van der Waals surface area contributed by atoms with Crippen LogP contribution in [0.25, 0.3) is 10.8 Å². The Kier molecular flexibility index (Phi) is 5.13. The Morgan fingerprint density at radius 1 is 0.931 bits per heavy atom. The van der Waals surface area contributed by atoms with Crippen LogP contribution in [0.15, 0.2) is 66.7 Å². The quantitative estimate of drug-likeness (QED) is 0.636. The normalized spacial score (nSPS) is 22.0. The van der Waals surface area contributed by atoms with Gasteiger partial charge in [0, 0.05) is 12.5 Å². The van der Waals surface area contributed by atoms with Crippen molar-refractivity contribution >= 4 is 10.8 Å². The predicted molar refractivity (Wildman–Crippen MR) is 109 cm³/mol. The van der Waals surface area contributed by atoms with Crippen molar-refractivity contribution in [2.24, 2.45) is 5.92 Å². The molecule has 1 heterocycles. The Hall–Kier alpha value is -2.37. The first kappa shape index (κ1) is 19.9. The van der Waals surface area contributed by atoms with Gasteiger partial charge >= 0.3 is 6.18 Å². The van der Waals surface area contributed by atoms with Gasteiger partial charge in [-0.15, -0.1) is 0 Å². The summed E-state index contributed by atoms with van der Waals surface area (Å²) in [4.78, 5) is 0. The fourth-order valence-corrected chi connectivity index (χ4v) is 4.31. The van der Waals surface area contributed by atoms with Gasteiger partial charge in [0.15, 0.2) is 5.60 Å². The van der Waals surface area contributed by atoms with Crippen molar-refractivity contribution in [2.75, 3.05) is 13.1 Å². The van der Waals surface area contributed by atoms with Crippen LogP contribution in [0.2, 0.25) is 0 Å². The smallest absolute Gasteiger partial charge is 0.376 e. The minimum Gasteiger partial charge on any atom is -0.376 e. The molecule has 152 valence electrons. The molecule has 0 spiro atoms. The number of hydrogen-bond donors (Lipinski definition) is 2. The molecule has 1 aliphatic heterocycles. The second-order valence-corrected chi connectivity index (χ2v) is 8.06. The lowest BCUT2D eigenvalue weighted by Gasteiger charge is -2.27. The van der Waals surface area contributed by atoms with Crippen LogP contribution in [0.3, 0.4) is 0 Å². The first-order valence-electron chi connectivity index (χ1n) is 9.84. The van der Waals surface area contributed by atoms with E-state index in [2.05, 4.69) is 35.6 Å². The number of fused-ring (bicyclic) bond motifs is 1. The van der Waals surface area contributed by atoms with Crippen LogP contribution in [0, 0.1) is 5.92 Å². The molecule has 0 radical (unpaired) electrons. The number of benzene rings is 3. The highest BCUT2D eigenvalue weighted by Crippen LogP contribution is 2.39. The van der Waals surface area contributed by atoms with Gasteiger partial charge in [-0.25, -0.2) is 0 Å². The zero-order chi connectivity index (χ0) is 20.6. The molecular weight excluding hydrogens is 375 g/mol. The second-order valence-electron chi connectivity index (χ2n) is 8.06. The van der Waals surface area contributed by atoms with Gasteiger partial charge in [0.1, 0.15) is 0 Å². The average molecular weight is 399 g/mol. The predicted octanol–water partition coefficient (Wildman–Crippen LogP) is 5.16. The highest BCUT2D eigenvalue weighted by Gasteiger charge is 2.51. The molecule has 1 aliphatic rings. The minimum absolute atomic E-state index is 0.134. The van der Waals surface area contributed by atoms with Crippen LogP contribution in [0.1, 0.15) is 29.5 Å². The van der Waals surface area contributed by atoms with Gasteiger partial charge in [0.05, 0.1) is 0 Å².